The topological polar surface area (TPSA) is 68.8 Å². The Morgan fingerprint density at radius 3 is 2.40 bits per heavy atom. The number of amides is 1. The molecule has 0 unspecified atom stereocenters. The van der Waals surface area contributed by atoms with Crippen molar-refractivity contribution in [2.24, 2.45) is 0 Å². The fraction of sp³-hybridized carbons (Fsp3) is 0.500. The lowest BCUT2D eigenvalue weighted by atomic mass is 10.3. The van der Waals surface area contributed by atoms with E-state index in [2.05, 4.69) is 10.6 Å². The van der Waals surface area contributed by atoms with Gasteiger partial charge in [-0.3, -0.25) is 4.79 Å². The van der Waals surface area contributed by atoms with Crippen molar-refractivity contribution in [3.05, 3.63) is 24.3 Å². The zero-order valence-corrected chi connectivity index (χ0v) is 12.0. The van der Waals surface area contributed by atoms with Gasteiger partial charge in [0.1, 0.15) is 12.4 Å². The number of hydrogen-bond acceptors (Lipinski definition) is 5. The molecule has 0 aromatic heterocycles. The highest BCUT2D eigenvalue weighted by molar-refractivity contribution is 5.80. The Kier molecular flexibility index (Phi) is 8.17. The van der Waals surface area contributed by atoms with Crippen LogP contribution in [-0.4, -0.2) is 53.0 Å². The zero-order chi connectivity index (χ0) is 14.6. The van der Waals surface area contributed by atoms with Gasteiger partial charge in [-0.2, -0.15) is 0 Å². The predicted octanol–water partition coefficient (Wildman–Crippen LogP) is 0.886. The summed E-state index contributed by atoms with van der Waals surface area (Å²) in [4.78, 5) is 11.5. The van der Waals surface area contributed by atoms with Gasteiger partial charge >= 0.3 is 0 Å². The van der Waals surface area contributed by atoms with Gasteiger partial charge in [0.15, 0.2) is 0 Å². The molecule has 0 aliphatic heterocycles. The normalized spacial score (nSPS) is 10.1. The van der Waals surface area contributed by atoms with Gasteiger partial charge in [0.05, 0.1) is 19.8 Å². The maximum absolute atomic E-state index is 11.5. The van der Waals surface area contributed by atoms with Gasteiger partial charge in [0.2, 0.25) is 5.91 Å². The molecule has 112 valence electrons. The molecule has 0 aliphatic rings. The second kappa shape index (κ2) is 10.1. The lowest BCUT2D eigenvalue weighted by molar-refractivity contribution is -0.119. The molecule has 0 atom stereocenters. The molecule has 6 nitrogen and oxygen atoms in total. The third-order valence-electron chi connectivity index (χ3n) is 2.49. The molecule has 0 bridgehead atoms. The summed E-state index contributed by atoms with van der Waals surface area (Å²) in [5.41, 5.74) is 0.867. The summed E-state index contributed by atoms with van der Waals surface area (Å²) < 4.78 is 15.2. The third kappa shape index (κ3) is 6.96. The highest BCUT2D eigenvalue weighted by Gasteiger charge is 2.00. The molecule has 0 saturated heterocycles. The fourth-order valence-electron chi connectivity index (χ4n) is 1.45. The molecule has 0 fully saturated rings. The van der Waals surface area contributed by atoms with Gasteiger partial charge in [0, 0.05) is 26.5 Å². The lowest BCUT2D eigenvalue weighted by Gasteiger charge is -2.09. The second-order valence-electron chi connectivity index (χ2n) is 4.06. The van der Waals surface area contributed by atoms with Crippen LogP contribution in [0.3, 0.4) is 0 Å². The molecule has 2 N–H and O–H groups in total. The van der Waals surface area contributed by atoms with Gasteiger partial charge in [-0.15, -0.1) is 0 Å². The van der Waals surface area contributed by atoms with Crippen LogP contribution in [0.5, 0.6) is 5.75 Å². The van der Waals surface area contributed by atoms with E-state index in [9.17, 15) is 4.79 Å². The van der Waals surface area contributed by atoms with Crippen LogP contribution in [0.25, 0.3) is 0 Å². The maximum Gasteiger partial charge on any atom is 0.239 e. The molecule has 1 aromatic carbocycles. The number of methoxy groups -OCH3 is 2. The van der Waals surface area contributed by atoms with Crippen molar-refractivity contribution < 1.29 is 19.0 Å². The van der Waals surface area contributed by atoms with Crippen molar-refractivity contribution in [3.8, 4) is 5.75 Å². The summed E-state index contributed by atoms with van der Waals surface area (Å²) in [6.45, 7) is 2.34. The maximum atomic E-state index is 11.5. The molecule has 0 aliphatic carbocycles. The van der Waals surface area contributed by atoms with E-state index in [1.165, 1.54) is 0 Å². The van der Waals surface area contributed by atoms with E-state index in [0.717, 1.165) is 11.4 Å². The molecule has 0 spiro atoms. The first-order valence-corrected chi connectivity index (χ1v) is 6.47. The Morgan fingerprint density at radius 1 is 1.05 bits per heavy atom. The Morgan fingerprint density at radius 2 is 1.75 bits per heavy atom. The van der Waals surface area contributed by atoms with Gasteiger partial charge in [-0.25, -0.2) is 0 Å². The van der Waals surface area contributed by atoms with Crippen molar-refractivity contribution in [1.29, 1.82) is 0 Å². The molecule has 1 aromatic rings. The minimum absolute atomic E-state index is 0.0672. The number of carbonyl (C=O) groups is 1. The molecule has 20 heavy (non-hydrogen) atoms. The average Bonchev–Trinajstić information content (AvgIpc) is 2.47. The Balaban J connectivity index is 2.25. The van der Waals surface area contributed by atoms with Crippen LogP contribution in [0, 0.1) is 0 Å². The van der Waals surface area contributed by atoms with Crippen molar-refractivity contribution in [2.45, 2.75) is 0 Å². The summed E-state index contributed by atoms with van der Waals surface area (Å²) in [7, 11) is 3.23. The first-order valence-electron chi connectivity index (χ1n) is 6.47. The van der Waals surface area contributed by atoms with E-state index in [1.54, 1.807) is 14.2 Å². The smallest absolute Gasteiger partial charge is 0.239 e. The Labute approximate surface area is 119 Å². The first kappa shape index (κ1) is 16.3. The second-order valence-corrected chi connectivity index (χ2v) is 4.06. The molecule has 0 saturated carbocycles. The monoisotopic (exact) mass is 282 g/mol. The quantitative estimate of drug-likeness (QED) is 0.624. The predicted molar refractivity (Wildman–Crippen MR) is 77.2 cm³/mol. The van der Waals surface area contributed by atoms with Crippen molar-refractivity contribution in [1.82, 2.24) is 5.32 Å². The Bertz CT molecular complexity index is 381. The van der Waals surface area contributed by atoms with E-state index in [1.807, 2.05) is 24.3 Å². The van der Waals surface area contributed by atoms with E-state index in [0.29, 0.717) is 26.4 Å². The van der Waals surface area contributed by atoms with Crippen molar-refractivity contribution in [2.75, 3.05) is 52.4 Å². The molecular formula is C14H22N2O4. The lowest BCUT2D eigenvalue weighted by Crippen LogP contribution is -2.32. The van der Waals surface area contributed by atoms with E-state index in [4.69, 9.17) is 14.2 Å². The van der Waals surface area contributed by atoms with Crippen LogP contribution in [0.1, 0.15) is 0 Å². The van der Waals surface area contributed by atoms with Crippen LogP contribution in [-0.2, 0) is 14.3 Å². The van der Waals surface area contributed by atoms with Crippen LogP contribution in [0.2, 0.25) is 0 Å². The average molecular weight is 282 g/mol. The van der Waals surface area contributed by atoms with Gasteiger partial charge in [0.25, 0.3) is 0 Å². The first-order chi connectivity index (χ1) is 9.76. The molecular weight excluding hydrogens is 260 g/mol. The largest absolute Gasteiger partial charge is 0.491 e. The van der Waals surface area contributed by atoms with E-state index >= 15 is 0 Å². The van der Waals surface area contributed by atoms with Gasteiger partial charge in [-0.1, -0.05) is 0 Å². The van der Waals surface area contributed by atoms with Gasteiger partial charge in [-0.05, 0) is 24.3 Å². The number of carbonyl (C=O) groups excluding carboxylic acids is 1. The van der Waals surface area contributed by atoms with E-state index < -0.39 is 0 Å². The number of nitrogens with one attached hydrogen (secondary N) is 2. The third-order valence-corrected chi connectivity index (χ3v) is 2.49. The molecule has 1 rings (SSSR count). The standard InChI is InChI=1S/C14H22N2O4/c1-18-8-7-15-14(17)11-16-12-3-5-13(6-4-12)20-10-9-19-2/h3-6,16H,7-11H2,1-2H3,(H,15,17). The summed E-state index contributed by atoms with van der Waals surface area (Å²) in [6, 6.07) is 7.43. The Hall–Kier alpha value is -1.79. The summed E-state index contributed by atoms with van der Waals surface area (Å²) in [5.74, 6) is 0.708. The highest BCUT2D eigenvalue weighted by Crippen LogP contribution is 2.15. The van der Waals surface area contributed by atoms with Crippen molar-refractivity contribution >= 4 is 11.6 Å². The highest BCUT2D eigenvalue weighted by atomic mass is 16.5. The molecule has 6 heteroatoms. The van der Waals surface area contributed by atoms with Crippen molar-refractivity contribution in [3.63, 3.8) is 0 Å². The van der Waals surface area contributed by atoms with Crippen LogP contribution in [0.15, 0.2) is 24.3 Å². The fourth-order valence-corrected chi connectivity index (χ4v) is 1.45. The number of ether oxygens (including phenoxy) is 3. The molecule has 0 radical (unpaired) electrons. The number of anilines is 1. The van der Waals surface area contributed by atoms with Crippen LogP contribution < -0.4 is 15.4 Å². The summed E-state index contributed by atoms with van der Waals surface area (Å²) >= 11 is 0. The van der Waals surface area contributed by atoms with Crippen LogP contribution >= 0.6 is 0 Å². The number of rotatable bonds is 10. The SMILES string of the molecule is COCCNC(=O)CNc1ccc(OCCOC)cc1. The molecule has 1 amide bonds. The minimum atomic E-state index is -0.0672. The van der Waals surface area contributed by atoms with E-state index in [-0.39, 0.29) is 12.5 Å². The zero-order valence-electron chi connectivity index (χ0n) is 12.0. The molecule has 0 heterocycles. The summed E-state index contributed by atoms with van der Waals surface area (Å²) in [6.07, 6.45) is 0. The number of hydrogen-bond donors (Lipinski definition) is 2. The van der Waals surface area contributed by atoms with Crippen LogP contribution in [0.4, 0.5) is 5.69 Å². The number of benzene rings is 1. The minimum Gasteiger partial charge on any atom is -0.491 e. The van der Waals surface area contributed by atoms with Gasteiger partial charge < -0.3 is 24.8 Å². The summed E-state index contributed by atoms with van der Waals surface area (Å²) in [5, 5.41) is 5.77.